The van der Waals surface area contributed by atoms with E-state index >= 15 is 0 Å². The number of carbonyl (C=O) groups is 2. The molecule has 2 N–H and O–H groups in total. The Kier molecular flexibility index (Phi) is 7.02. The zero-order chi connectivity index (χ0) is 22.5. The molecular formula is C23H24FN3O3S. The maximum absolute atomic E-state index is 13.4. The normalized spacial score (nSPS) is 10.8. The number of nitrogens with one attached hydrogen (secondary N) is 2. The molecule has 0 saturated heterocycles. The Balaban J connectivity index is 1.79. The minimum Gasteiger partial charge on any atom is -0.495 e. The first-order valence-corrected chi connectivity index (χ1v) is 10.6. The Hall–Kier alpha value is -3.26. The van der Waals surface area contributed by atoms with E-state index < -0.39 is 11.7 Å². The van der Waals surface area contributed by atoms with E-state index in [0.29, 0.717) is 33.6 Å². The minimum absolute atomic E-state index is 0.175. The number of thiazole rings is 1. The molecule has 31 heavy (non-hydrogen) atoms. The second kappa shape index (κ2) is 9.70. The van der Waals surface area contributed by atoms with Crippen molar-refractivity contribution in [3.63, 3.8) is 0 Å². The molecule has 0 spiro atoms. The predicted octanol–water partition coefficient (Wildman–Crippen LogP) is 5.30. The van der Waals surface area contributed by atoms with Crippen molar-refractivity contribution < 1.29 is 18.7 Å². The highest BCUT2D eigenvalue weighted by molar-refractivity contribution is 7.13. The number of aryl methyl sites for hydroxylation is 1. The Morgan fingerprint density at radius 3 is 2.58 bits per heavy atom. The van der Waals surface area contributed by atoms with Crippen LogP contribution in [0.1, 0.15) is 44.6 Å². The van der Waals surface area contributed by atoms with Gasteiger partial charge in [0.15, 0.2) is 0 Å². The molecule has 8 heteroatoms. The Morgan fingerprint density at radius 1 is 1.13 bits per heavy atom. The van der Waals surface area contributed by atoms with E-state index in [4.69, 9.17) is 4.74 Å². The average molecular weight is 442 g/mol. The van der Waals surface area contributed by atoms with Crippen LogP contribution in [0.15, 0.2) is 42.5 Å². The van der Waals surface area contributed by atoms with Gasteiger partial charge in [0.2, 0.25) is 0 Å². The Bertz CT molecular complexity index is 1110. The second-order valence-electron chi connectivity index (χ2n) is 7.45. The molecule has 1 aromatic heterocycles. The highest BCUT2D eigenvalue weighted by Gasteiger charge is 2.17. The zero-order valence-electron chi connectivity index (χ0n) is 17.8. The van der Waals surface area contributed by atoms with Crippen LogP contribution in [-0.2, 0) is 6.42 Å². The standard InChI is InChI=1S/C23H24FN3O3S/c1-13(2)10-20-25-14(3)21(31-20)23(29)26-17-8-9-19(30-4)18(12-17)27-22(28)15-6-5-7-16(24)11-15/h5-9,11-13H,10H2,1-4H3,(H,26,29)(H,27,28). The van der Waals surface area contributed by atoms with Crippen molar-refractivity contribution >= 4 is 34.5 Å². The van der Waals surface area contributed by atoms with Gasteiger partial charge in [-0.15, -0.1) is 11.3 Å². The first-order chi connectivity index (χ1) is 14.8. The van der Waals surface area contributed by atoms with Gasteiger partial charge in [-0.1, -0.05) is 19.9 Å². The van der Waals surface area contributed by atoms with E-state index in [9.17, 15) is 14.0 Å². The van der Waals surface area contributed by atoms with Crippen LogP contribution >= 0.6 is 11.3 Å². The van der Waals surface area contributed by atoms with Crippen molar-refractivity contribution in [2.75, 3.05) is 17.7 Å². The monoisotopic (exact) mass is 441 g/mol. The summed E-state index contributed by atoms with van der Waals surface area (Å²) in [5.74, 6) is -0.392. The molecular weight excluding hydrogens is 417 g/mol. The lowest BCUT2D eigenvalue weighted by Crippen LogP contribution is -2.14. The smallest absolute Gasteiger partial charge is 0.267 e. The van der Waals surface area contributed by atoms with Gasteiger partial charge in [-0.3, -0.25) is 9.59 Å². The third kappa shape index (κ3) is 5.67. The van der Waals surface area contributed by atoms with Crippen molar-refractivity contribution in [2.24, 2.45) is 5.92 Å². The molecule has 6 nitrogen and oxygen atoms in total. The maximum atomic E-state index is 13.4. The van der Waals surface area contributed by atoms with Crippen molar-refractivity contribution in [3.05, 3.63) is 69.4 Å². The van der Waals surface area contributed by atoms with Crippen molar-refractivity contribution in [3.8, 4) is 5.75 Å². The lowest BCUT2D eigenvalue weighted by atomic mass is 10.1. The second-order valence-corrected chi connectivity index (χ2v) is 8.54. The van der Waals surface area contributed by atoms with Gasteiger partial charge in [0.1, 0.15) is 16.4 Å². The largest absolute Gasteiger partial charge is 0.495 e. The fraction of sp³-hybridized carbons (Fsp3) is 0.261. The van der Waals surface area contributed by atoms with E-state index in [0.717, 1.165) is 17.5 Å². The third-order valence-corrected chi connectivity index (χ3v) is 5.60. The quantitative estimate of drug-likeness (QED) is 0.521. The van der Waals surface area contributed by atoms with Gasteiger partial charge in [-0.2, -0.15) is 0 Å². The molecule has 0 saturated carbocycles. The molecule has 2 amide bonds. The molecule has 0 fully saturated rings. The van der Waals surface area contributed by atoms with Crippen LogP contribution in [-0.4, -0.2) is 23.9 Å². The SMILES string of the molecule is COc1ccc(NC(=O)c2sc(CC(C)C)nc2C)cc1NC(=O)c1cccc(F)c1. The topological polar surface area (TPSA) is 80.3 Å². The van der Waals surface area contributed by atoms with Crippen LogP contribution in [0.3, 0.4) is 0 Å². The van der Waals surface area contributed by atoms with Gasteiger partial charge in [-0.25, -0.2) is 9.37 Å². The summed E-state index contributed by atoms with van der Waals surface area (Å²) in [5, 5.41) is 6.47. The van der Waals surface area contributed by atoms with Gasteiger partial charge in [0.25, 0.3) is 11.8 Å². The van der Waals surface area contributed by atoms with Crippen LogP contribution in [0.25, 0.3) is 0 Å². The Morgan fingerprint density at radius 2 is 1.90 bits per heavy atom. The number of nitrogens with zero attached hydrogens (tertiary/aromatic N) is 1. The number of rotatable bonds is 7. The maximum Gasteiger partial charge on any atom is 0.267 e. The molecule has 0 radical (unpaired) electrons. The van der Waals surface area contributed by atoms with Gasteiger partial charge in [-0.05, 0) is 49.2 Å². The summed E-state index contributed by atoms with van der Waals surface area (Å²) in [5.41, 5.74) is 1.70. The Labute approximate surface area is 184 Å². The molecule has 0 bridgehead atoms. The molecule has 0 atom stereocenters. The van der Waals surface area contributed by atoms with Crippen LogP contribution < -0.4 is 15.4 Å². The van der Waals surface area contributed by atoms with E-state index in [1.54, 1.807) is 18.2 Å². The number of hydrogen-bond acceptors (Lipinski definition) is 5. The van der Waals surface area contributed by atoms with Crippen molar-refractivity contribution in [1.82, 2.24) is 4.98 Å². The first kappa shape index (κ1) is 22.4. The molecule has 2 aromatic carbocycles. The highest BCUT2D eigenvalue weighted by Crippen LogP contribution is 2.29. The fourth-order valence-corrected chi connectivity index (χ4v) is 4.17. The van der Waals surface area contributed by atoms with Crippen molar-refractivity contribution in [2.45, 2.75) is 27.2 Å². The van der Waals surface area contributed by atoms with Gasteiger partial charge >= 0.3 is 0 Å². The number of ether oxygens (including phenoxy) is 1. The molecule has 1 heterocycles. The summed E-state index contributed by atoms with van der Waals surface area (Å²) in [4.78, 5) is 30.3. The number of benzene rings is 2. The number of halogens is 1. The van der Waals surface area contributed by atoms with E-state index in [2.05, 4.69) is 29.5 Å². The predicted molar refractivity (Wildman–Crippen MR) is 121 cm³/mol. The summed E-state index contributed by atoms with van der Waals surface area (Å²) in [6.07, 6.45) is 0.817. The number of methoxy groups -OCH3 is 1. The highest BCUT2D eigenvalue weighted by atomic mass is 32.1. The average Bonchev–Trinajstić information content (AvgIpc) is 3.07. The van der Waals surface area contributed by atoms with Crippen LogP contribution in [0.2, 0.25) is 0 Å². The number of hydrogen-bond donors (Lipinski definition) is 2. The third-order valence-electron chi connectivity index (χ3n) is 4.42. The van der Waals surface area contributed by atoms with Crippen LogP contribution in [0.4, 0.5) is 15.8 Å². The minimum atomic E-state index is -0.502. The molecule has 0 aliphatic rings. The molecule has 0 unspecified atom stereocenters. The lowest BCUT2D eigenvalue weighted by molar-refractivity contribution is 0.102. The van der Waals surface area contributed by atoms with E-state index in [1.807, 2.05) is 6.92 Å². The molecule has 162 valence electrons. The number of anilines is 2. The molecule has 0 aliphatic carbocycles. The van der Waals surface area contributed by atoms with Crippen molar-refractivity contribution in [1.29, 1.82) is 0 Å². The molecule has 3 aromatic rings. The zero-order valence-corrected chi connectivity index (χ0v) is 18.6. The summed E-state index contributed by atoms with van der Waals surface area (Å²) < 4.78 is 18.7. The summed E-state index contributed by atoms with van der Waals surface area (Å²) in [6, 6.07) is 10.3. The van der Waals surface area contributed by atoms with Crippen LogP contribution in [0, 0.1) is 18.7 Å². The fourth-order valence-electron chi connectivity index (χ4n) is 2.99. The molecule has 3 rings (SSSR count). The number of carbonyl (C=O) groups excluding carboxylic acids is 2. The number of amides is 2. The first-order valence-electron chi connectivity index (χ1n) is 9.79. The van der Waals surface area contributed by atoms with Gasteiger partial charge in [0, 0.05) is 17.7 Å². The lowest BCUT2D eigenvalue weighted by Gasteiger charge is -2.13. The number of aromatic nitrogens is 1. The summed E-state index contributed by atoms with van der Waals surface area (Å²) in [7, 11) is 1.47. The van der Waals surface area contributed by atoms with E-state index in [1.165, 1.54) is 36.6 Å². The van der Waals surface area contributed by atoms with E-state index in [-0.39, 0.29) is 11.5 Å². The summed E-state index contributed by atoms with van der Waals surface area (Å²) >= 11 is 1.38. The van der Waals surface area contributed by atoms with Crippen LogP contribution in [0.5, 0.6) is 5.75 Å². The van der Waals surface area contributed by atoms with Gasteiger partial charge < -0.3 is 15.4 Å². The summed E-state index contributed by atoms with van der Waals surface area (Å²) in [6.45, 7) is 6.02. The molecule has 0 aliphatic heterocycles. The van der Waals surface area contributed by atoms with Gasteiger partial charge in [0.05, 0.1) is 23.5 Å².